The molecular formula is C35H50N6O9. The fourth-order valence-electron chi connectivity index (χ4n) is 5.74. The summed E-state index contributed by atoms with van der Waals surface area (Å²) in [5.74, 6) is 5.47. The second-order valence-corrected chi connectivity index (χ2v) is 12.2. The maximum atomic E-state index is 12.6. The third-order valence-corrected chi connectivity index (χ3v) is 8.41. The van der Waals surface area contributed by atoms with Crippen LogP contribution in [0.1, 0.15) is 24.8 Å². The number of benzene rings is 2. The first-order valence-corrected chi connectivity index (χ1v) is 16.8. The second-order valence-electron chi connectivity index (χ2n) is 12.2. The zero-order valence-corrected chi connectivity index (χ0v) is 28.5. The smallest absolute Gasteiger partial charge is 0.262 e. The number of methoxy groups -OCH3 is 1. The highest BCUT2D eigenvalue weighted by molar-refractivity contribution is 6.02. The van der Waals surface area contributed by atoms with Crippen LogP contribution in [0.4, 0.5) is 5.69 Å². The van der Waals surface area contributed by atoms with Gasteiger partial charge in [-0.05, 0) is 59.9 Å². The number of hydrogen-bond acceptors (Lipinski definition) is 14. The predicted octanol–water partition coefficient (Wildman–Crippen LogP) is 0.333. The summed E-state index contributed by atoms with van der Waals surface area (Å²) in [7, 11) is 1.31. The summed E-state index contributed by atoms with van der Waals surface area (Å²) in [6.07, 6.45) is 0.491. The average molecular weight is 699 g/mol. The first-order valence-electron chi connectivity index (χ1n) is 16.8. The van der Waals surface area contributed by atoms with E-state index < -0.39 is 36.6 Å². The third kappa shape index (κ3) is 11.6. The zero-order chi connectivity index (χ0) is 35.9. The molecule has 2 aliphatic rings. The number of nitrogens with two attached hydrogens (primary N) is 2. The maximum absolute atomic E-state index is 12.6. The van der Waals surface area contributed by atoms with E-state index in [1.165, 1.54) is 43.3 Å². The minimum absolute atomic E-state index is 0.0186. The Morgan fingerprint density at radius 3 is 2.40 bits per heavy atom. The molecule has 274 valence electrons. The molecule has 2 aromatic rings. The largest absolute Gasteiger partial charge is 0.399 e. The molecule has 15 nitrogen and oxygen atoms in total. The lowest BCUT2D eigenvalue weighted by molar-refractivity contribution is -0.291. The molecule has 2 aromatic carbocycles. The fourth-order valence-corrected chi connectivity index (χ4v) is 5.74. The standard InChI is InChI=1S/C35H50N6O9/c1-46-35-33(44)32(43)31(42)30(50-35)22-41(38)21-28(37)23-49-16-15-48-14-13-47-12-9-39-34(45)27(20-36)18-24-5-6-26-19-29(8-7-25(26)17-24)40-10-3-2-4-11-40/h5-8,17-19,21,30-33,35,42-44H,2-4,9-16,22-23,37-38H2,1H3,(H,39,45)/b27-18+,28-21-. The van der Waals surface area contributed by atoms with E-state index in [1.807, 2.05) is 24.3 Å². The number of aliphatic hydroxyl groups is 3. The maximum Gasteiger partial charge on any atom is 0.262 e. The van der Waals surface area contributed by atoms with Crippen LogP contribution in [-0.4, -0.2) is 130 Å². The van der Waals surface area contributed by atoms with E-state index in [-0.39, 0.29) is 38.5 Å². The van der Waals surface area contributed by atoms with Crippen molar-refractivity contribution in [3.05, 3.63) is 59.4 Å². The Kier molecular flexibility index (Phi) is 15.7. The average Bonchev–Trinajstić information content (AvgIpc) is 3.12. The van der Waals surface area contributed by atoms with Crippen molar-refractivity contribution in [3.63, 3.8) is 0 Å². The van der Waals surface area contributed by atoms with Crippen LogP contribution >= 0.6 is 0 Å². The molecule has 8 N–H and O–H groups in total. The molecule has 1 amide bonds. The Hall–Kier alpha value is -3.82. The number of carbonyl (C=O) groups is 1. The van der Waals surface area contributed by atoms with Crippen molar-refractivity contribution >= 4 is 28.4 Å². The van der Waals surface area contributed by atoms with Gasteiger partial charge in [-0.15, -0.1) is 0 Å². The molecule has 0 saturated carbocycles. The molecule has 0 aromatic heterocycles. The Labute approximate surface area is 292 Å². The molecule has 2 aliphatic heterocycles. The number of ether oxygens (including phenoxy) is 5. The molecule has 0 aliphatic carbocycles. The van der Waals surface area contributed by atoms with E-state index in [0.717, 1.165) is 29.4 Å². The SMILES string of the molecule is COC1OC(CN(N)/C=C(\N)COCCOCCOCCNC(=O)/C(C#N)=C/c2ccc3cc(N4CCCCC4)ccc3c2)C(O)C(O)C1O. The molecule has 5 unspecified atom stereocenters. The lowest BCUT2D eigenvalue weighted by Crippen LogP contribution is -2.60. The van der Waals surface area contributed by atoms with E-state index in [0.29, 0.717) is 25.5 Å². The Bertz CT molecular complexity index is 1480. The van der Waals surface area contributed by atoms with E-state index in [4.69, 9.17) is 35.3 Å². The summed E-state index contributed by atoms with van der Waals surface area (Å²) in [6, 6.07) is 14.3. The first-order chi connectivity index (χ1) is 24.2. The van der Waals surface area contributed by atoms with Gasteiger partial charge in [-0.2, -0.15) is 5.26 Å². The van der Waals surface area contributed by atoms with Crippen molar-refractivity contribution in [2.75, 3.05) is 77.8 Å². The number of aliphatic hydroxyl groups excluding tert-OH is 3. The van der Waals surface area contributed by atoms with Crippen LogP contribution in [0.2, 0.25) is 0 Å². The van der Waals surface area contributed by atoms with Gasteiger partial charge in [-0.1, -0.05) is 18.2 Å². The van der Waals surface area contributed by atoms with Crippen molar-refractivity contribution in [3.8, 4) is 6.07 Å². The highest BCUT2D eigenvalue weighted by Gasteiger charge is 2.44. The van der Waals surface area contributed by atoms with Gasteiger partial charge in [0.05, 0.1) is 51.9 Å². The van der Waals surface area contributed by atoms with Crippen molar-refractivity contribution in [1.29, 1.82) is 5.26 Å². The van der Waals surface area contributed by atoms with Crippen LogP contribution in [-0.2, 0) is 28.5 Å². The topological polar surface area (TPSA) is 218 Å². The monoisotopic (exact) mass is 698 g/mol. The number of anilines is 1. The highest BCUT2D eigenvalue weighted by atomic mass is 16.7. The molecule has 2 fully saturated rings. The molecule has 4 rings (SSSR count). The predicted molar refractivity (Wildman–Crippen MR) is 186 cm³/mol. The fraction of sp³-hybridized carbons (Fsp3) is 0.543. The number of piperidine rings is 1. The lowest BCUT2D eigenvalue weighted by Gasteiger charge is -2.40. The molecule has 0 bridgehead atoms. The van der Waals surface area contributed by atoms with Gasteiger partial charge in [0.1, 0.15) is 36.1 Å². The van der Waals surface area contributed by atoms with Gasteiger partial charge in [-0.3, -0.25) is 4.79 Å². The summed E-state index contributed by atoms with van der Waals surface area (Å²) < 4.78 is 26.9. The van der Waals surface area contributed by atoms with Crippen LogP contribution in [0.5, 0.6) is 0 Å². The molecule has 5 atom stereocenters. The van der Waals surface area contributed by atoms with Gasteiger partial charge in [-0.25, -0.2) is 5.84 Å². The van der Waals surface area contributed by atoms with E-state index >= 15 is 0 Å². The molecule has 15 heteroatoms. The Morgan fingerprint density at radius 1 is 1.00 bits per heavy atom. The number of hydrazine groups is 1. The van der Waals surface area contributed by atoms with Crippen LogP contribution in [0.3, 0.4) is 0 Å². The molecule has 0 spiro atoms. The number of nitrogens with one attached hydrogen (secondary N) is 1. The normalized spacial score (nSPS) is 23.1. The summed E-state index contributed by atoms with van der Waals surface area (Å²) in [4.78, 5) is 15.0. The Balaban J connectivity index is 1.05. The van der Waals surface area contributed by atoms with Crippen molar-refractivity contribution in [2.24, 2.45) is 11.6 Å². The number of carbonyl (C=O) groups excluding carboxylic acids is 1. The van der Waals surface area contributed by atoms with Crippen molar-refractivity contribution in [2.45, 2.75) is 50.0 Å². The van der Waals surface area contributed by atoms with Crippen LogP contribution in [0.25, 0.3) is 16.8 Å². The quantitative estimate of drug-likeness (QED) is 0.0407. The molecule has 0 radical (unpaired) electrons. The molecule has 2 heterocycles. The number of hydrogen-bond donors (Lipinski definition) is 6. The summed E-state index contributed by atoms with van der Waals surface area (Å²) >= 11 is 0. The van der Waals surface area contributed by atoms with Gasteiger partial charge in [0, 0.05) is 38.6 Å². The third-order valence-electron chi connectivity index (χ3n) is 8.41. The van der Waals surface area contributed by atoms with Crippen LogP contribution in [0.15, 0.2) is 53.9 Å². The van der Waals surface area contributed by atoms with Gasteiger partial charge in [0.15, 0.2) is 6.29 Å². The van der Waals surface area contributed by atoms with Gasteiger partial charge in [0.25, 0.3) is 5.91 Å². The number of fused-ring (bicyclic) bond motifs is 1. The Morgan fingerprint density at radius 2 is 1.68 bits per heavy atom. The number of rotatable bonds is 18. The van der Waals surface area contributed by atoms with Crippen molar-refractivity contribution < 1.29 is 43.8 Å². The minimum atomic E-state index is -1.45. The van der Waals surface area contributed by atoms with E-state index in [2.05, 4.69) is 28.4 Å². The number of nitrogens with zero attached hydrogens (tertiary/aromatic N) is 3. The first kappa shape index (κ1) is 39.0. The number of amides is 1. The van der Waals surface area contributed by atoms with Crippen molar-refractivity contribution in [1.82, 2.24) is 10.3 Å². The molecule has 2 saturated heterocycles. The summed E-state index contributed by atoms with van der Waals surface area (Å²) in [6.45, 7) is 3.89. The summed E-state index contributed by atoms with van der Waals surface area (Å²) in [5.41, 5.74) is 8.28. The van der Waals surface area contributed by atoms with Crippen LogP contribution in [0, 0.1) is 11.3 Å². The second kappa shape index (κ2) is 20.1. The number of nitriles is 1. The van der Waals surface area contributed by atoms with Gasteiger partial charge < -0.3 is 60.0 Å². The van der Waals surface area contributed by atoms with Gasteiger partial charge >= 0.3 is 0 Å². The zero-order valence-electron chi connectivity index (χ0n) is 28.5. The summed E-state index contributed by atoms with van der Waals surface area (Å²) in [5, 5.41) is 45.7. The van der Waals surface area contributed by atoms with Gasteiger partial charge in [0.2, 0.25) is 0 Å². The van der Waals surface area contributed by atoms with Crippen LogP contribution < -0.4 is 21.8 Å². The molecular weight excluding hydrogens is 648 g/mol. The van der Waals surface area contributed by atoms with E-state index in [1.54, 1.807) is 6.08 Å². The minimum Gasteiger partial charge on any atom is -0.399 e. The lowest BCUT2D eigenvalue weighted by atomic mass is 9.99. The molecule has 50 heavy (non-hydrogen) atoms. The highest BCUT2D eigenvalue weighted by Crippen LogP contribution is 2.26. The van der Waals surface area contributed by atoms with E-state index in [9.17, 15) is 25.4 Å².